The van der Waals surface area contributed by atoms with Crippen molar-refractivity contribution in [3.8, 4) is 5.75 Å². The van der Waals surface area contributed by atoms with Crippen molar-refractivity contribution in [2.45, 2.75) is 19.6 Å². The van der Waals surface area contributed by atoms with Gasteiger partial charge in [-0.25, -0.2) is 0 Å². The number of benzene rings is 3. The Kier molecular flexibility index (Phi) is 6.52. The SMILES string of the molecule is CC(NC(=O)c1cccc(COc2ccccc2C(N)=O)c1)c1ccccc1Cl. The molecular formula is C23H21ClN2O3. The largest absolute Gasteiger partial charge is 0.488 e. The minimum absolute atomic E-state index is 0.200. The number of nitrogens with two attached hydrogens (primary N) is 1. The van der Waals surface area contributed by atoms with Crippen molar-refractivity contribution in [2.24, 2.45) is 5.73 Å². The van der Waals surface area contributed by atoms with Gasteiger partial charge in [-0.15, -0.1) is 0 Å². The van der Waals surface area contributed by atoms with Crippen LogP contribution in [-0.4, -0.2) is 11.8 Å². The summed E-state index contributed by atoms with van der Waals surface area (Å²) in [5.41, 5.74) is 7.84. The van der Waals surface area contributed by atoms with Crippen LogP contribution in [0.1, 0.15) is 44.8 Å². The van der Waals surface area contributed by atoms with Crippen molar-refractivity contribution in [3.63, 3.8) is 0 Å². The molecule has 0 bridgehead atoms. The Labute approximate surface area is 174 Å². The minimum Gasteiger partial charge on any atom is -0.488 e. The first-order valence-corrected chi connectivity index (χ1v) is 9.49. The molecule has 0 heterocycles. The van der Waals surface area contributed by atoms with E-state index in [4.69, 9.17) is 22.1 Å². The molecule has 0 aromatic heterocycles. The van der Waals surface area contributed by atoms with Gasteiger partial charge in [0.1, 0.15) is 12.4 Å². The van der Waals surface area contributed by atoms with Crippen molar-refractivity contribution >= 4 is 23.4 Å². The average Bonchev–Trinajstić information content (AvgIpc) is 2.72. The molecule has 3 rings (SSSR count). The molecule has 1 atom stereocenters. The van der Waals surface area contributed by atoms with Crippen LogP contribution in [0.4, 0.5) is 0 Å². The van der Waals surface area contributed by atoms with Crippen molar-refractivity contribution in [1.29, 1.82) is 0 Å². The van der Waals surface area contributed by atoms with Crippen LogP contribution >= 0.6 is 11.6 Å². The van der Waals surface area contributed by atoms with Crippen molar-refractivity contribution in [1.82, 2.24) is 5.32 Å². The highest BCUT2D eigenvalue weighted by molar-refractivity contribution is 6.31. The molecular weight excluding hydrogens is 388 g/mol. The first kappa shape index (κ1) is 20.4. The van der Waals surface area contributed by atoms with Crippen LogP contribution < -0.4 is 15.8 Å². The summed E-state index contributed by atoms with van der Waals surface area (Å²) in [6.07, 6.45) is 0. The second kappa shape index (κ2) is 9.26. The Hall–Kier alpha value is -3.31. The van der Waals surface area contributed by atoms with Gasteiger partial charge in [-0.1, -0.05) is 54.1 Å². The molecule has 148 valence electrons. The monoisotopic (exact) mass is 408 g/mol. The predicted molar refractivity (Wildman–Crippen MR) is 113 cm³/mol. The van der Waals surface area contributed by atoms with E-state index in [0.717, 1.165) is 11.1 Å². The highest BCUT2D eigenvalue weighted by Crippen LogP contribution is 2.23. The lowest BCUT2D eigenvalue weighted by molar-refractivity contribution is 0.0938. The smallest absolute Gasteiger partial charge is 0.252 e. The quantitative estimate of drug-likeness (QED) is 0.603. The van der Waals surface area contributed by atoms with E-state index in [0.29, 0.717) is 21.9 Å². The summed E-state index contributed by atoms with van der Waals surface area (Å²) < 4.78 is 5.74. The summed E-state index contributed by atoms with van der Waals surface area (Å²) in [5.74, 6) is -0.360. The van der Waals surface area contributed by atoms with Gasteiger partial charge in [0.25, 0.3) is 11.8 Å². The van der Waals surface area contributed by atoms with Crippen LogP contribution in [0.2, 0.25) is 5.02 Å². The number of rotatable bonds is 7. The van der Waals surface area contributed by atoms with E-state index >= 15 is 0 Å². The van der Waals surface area contributed by atoms with Crippen LogP contribution in [0.5, 0.6) is 5.75 Å². The van der Waals surface area contributed by atoms with Crippen LogP contribution in [-0.2, 0) is 6.61 Å². The summed E-state index contributed by atoms with van der Waals surface area (Å²) in [6, 6.07) is 21.1. The number of carbonyl (C=O) groups is 2. The number of para-hydroxylation sites is 1. The summed E-state index contributed by atoms with van der Waals surface area (Å²) in [4.78, 5) is 24.2. The van der Waals surface area contributed by atoms with Gasteiger partial charge in [-0.2, -0.15) is 0 Å². The Balaban J connectivity index is 1.69. The Morgan fingerprint density at radius 2 is 1.76 bits per heavy atom. The van der Waals surface area contributed by atoms with E-state index in [1.54, 1.807) is 48.5 Å². The molecule has 29 heavy (non-hydrogen) atoms. The molecule has 3 aromatic carbocycles. The van der Waals surface area contributed by atoms with Crippen LogP contribution in [0.15, 0.2) is 72.8 Å². The van der Waals surface area contributed by atoms with E-state index in [-0.39, 0.29) is 18.6 Å². The van der Waals surface area contributed by atoms with Gasteiger partial charge in [0.15, 0.2) is 0 Å². The van der Waals surface area contributed by atoms with Crippen molar-refractivity contribution in [2.75, 3.05) is 0 Å². The summed E-state index contributed by atoms with van der Waals surface area (Å²) in [6.45, 7) is 2.08. The Morgan fingerprint density at radius 3 is 2.52 bits per heavy atom. The lowest BCUT2D eigenvalue weighted by Gasteiger charge is -2.16. The third-order valence-electron chi connectivity index (χ3n) is 4.46. The number of amides is 2. The number of halogens is 1. The lowest BCUT2D eigenvalue weighted by Crippen LogP contribution is -2.26. The van der Waals surface area contributed by atoms with Gasteiger partial charge >= 0.3 is 0 Å². The Bertz CT molecular complexity index is 1040. The van der Waals surface area contributed by atoms with E-state index in [1.807, 2.05) is 31.2 Å². The van der Waals surface area contributed by atoms with Crippen LogP contribution in [0.25, 0.3) is 0 Å². The molecule has 6 heteroatoms. The molecule has 0 radical (unpaired) electrons. The number of ether oxygens (including phenoxy) is 1. The lowest BCUT2D eigenvalue weighted by atomic mass is 10.1. The van der Waals surface area contributed by atoms with Gasteiger partial charge in [0.2, 0.25) is 0 Å². The Morgan fingerprint density at radius 1 is 1.03 bits per heavy atom. The van der Waals surface area contributed by atoms with Crippen LogP contribution in [0.3, 0.4) is 0 Å². The van der Waals surface area contributed by atoms with Gasteiger partial charge in [-0.05, 0) is 48.4 Å². The minimum atomic E-state index is -0.553. The maximum absolute atomic E-state index is 12.7. The number of carbonyl (C=O) groups excluding carboxylic acids is 2. The zero-order valence-corrected chi connectivity index (χ0v) is 16.6. The third-order valence-corrected chi connectivity index (χ3v) is 4.80. The van der Waals surface area contributed by atoms with E-state index in [1.165, 1.54) is 0 Å². The molecule has 0 aliphatic heterocycles. The first-order chi connectivity index (χ1) is 14.0. The maximum atomic E-state index is 12.7. The number of hydrogen-bond acceptors (Lipinski definition) is 3. The second-order valence-electron chi connectivity index (χ2n) is 6.57. The number of primary amides is 1. The molecule has 0 saturated heterocycles. The number of hydrogen-bond donors (Lipinski definition) is 2. The summed E-state index contributed by atoms with van der Waals surface area (Å²) in [7, 11) is 0. The fourth-order valence-electron chi connectivity index (χ4n) is 2.94. The molecule has 0 fully saturated rings. The van der Waals surface area contributed by atoms with Crippen molar-refractivity contribution < 1.29 is 14.3 Å². The third kappa shape index (κ3) is 5.15. The van der Waals surface area contributed by atoms with Gasteiger partial charge in [0.05, 0.1) is 11.6 Å². The van der Waals surface area contributed by atoms with E-state index < -0.39 is 5.91 Å². The topological polar surface area (TPSA) is 81.4 Å². The van der Waals surface area contributed by atoms with Gasteiger partial charge < -0.3 is 15.8 Å². The van der Waals surface area contributed by atoms with Crippen molar-refractivity contribution in [3.05, 3.63) is 100 Å². The normalized spacial score (nSPS) is 11.5. The molecule has 0 aliphatic rings. The number of nitrogens with one attached hydrogen (secondary N) is 1. The fraction of sp³-hybridized carbons (Fsp3) is 0.130. The molecule has 1 unspecified atom stereocenters. The predicted octanol–water partition coefficient (Wildman–Crippen LogP) is 4.51. The first-order valence-electron chi connectivity index (χ1n) is 9.11. The van der Waals surface area contributed by atoms with E-state index in [9.17, 15) is 9.59 Å². The highest BCUT2D eigenvalue weighted by Gasteiger charge is 2.14. The average molecular weight is 409 g/mol. The second-order valence-corrected chi connectivity index (χ2v) is 6.97. The standard InChI is InChI=1S/C23H21ClN2O3/c1-15(18-9-2-4-11-20(18)24)26-23(28)17-8-6-7-16(13-17)14-29-21-12-5-3-10-19(21)22(25)27/h2-13,15H,14H2,1H3,(H2,25,27)(H,26,28). The zero-order chi connectivity index (χ0) is 20.8. The molecule has 0 aliphatic carbocycles. The fourth-order valence-corrected chi connectivity index (χ4v) is 3.24. The molecule has 2 amide bonds. The van der Waals surface area contributed by atoms with Gasteiger partial charge in [0, 0.05) is 10.6 Å². The van der Waals surface area contributed by atoms with E-state index in [2.05, 4.69) is 5.32 Å². The molecule has 3 N–H and O–H groups in total. The summed E-state index contributed by atoms with van der Waals surface area (Å²) >= 11 is 6.21. The van der Waals surface area contributed by atoms with Crippen LogP contribution in [0, 0.1) is 0 Å². The zero-order valence-electron chi connectivity index (χ0n) is 15.9. The molecule has 0 spiro atoms. The molecule has 5 nitrogen and oxygen atoms in total. The maximum Gasteiger partial charge on any atom is 0.252 e. The summed E-state index contributed by atoms with van der Waals surface area (Å²) in [5, 5.41) is 3.56. The highest BCUT2D eigenvalue weighted by atomic mass is 35.5. The van der Waals surface area contributed by atoms with Gasteiger partial charge in [-0.3, -0.25) is 9.59 Å². The molecule has 3 aromatic rings. The molecule has 0 saturated carbocycles.